The number of carbonyl (C=O) groups is 4. The Morgan fingerprint density at radius 1 is 1.17 bits per heavy atom. The number of likely N-dealkylation sites (tertiary alicyclic amines) is 1. The summed E-state index contributed by atoms with van der Waals surface area (Å²) in [6.45, 7) is 8.89. The van der Waals surface area contributed by atoms with Gasteiger partial charge in [-0.2, -0.15) is 0 Å². The molecule has 0 saturated carbocycles. The van der Waals surface area contributed by atoms with Crippen LogP contribution in [0.2, 0.25) is 0 Å². The second kappa shape index (κ2) is 9.05. The first-order chi connectivity index (χ1) is 16.4. The maximum Gasteiger partial charge on any atom is 0.410 e. The number of hydrogen-bond donors (Lipinski definition) is 2. The molecule has 0 radical (unpaired) electrons. The van der Waals surface area contributed by atoms with E-state index < -0.39 is 23.5 Å². The van der Waals surface area contributed by atoms with Crippen LogP contribution in [0.1, 0.15) is 62.4 Å². The van der Waals surface area contributed by atoms with Crippen molar-refractivity contribution in [1.29, 1.82) is 0 Å². The second-order valence-electron chi connectivity index (χ2n) is 10.9. The summed E-state index contributed by atoms with van der Waals surface area (Å²) >= 11 is 0. The third-order valence-corrected chi connectivity index (χ3v) is 7.16. The number of rotatable bonds is 6. The second-order valence-corrected chi connectivity index (χ2v) is 10.9. The van der Waals surface area contributed by atoms with E-state index in [0.717, 1.165) is 37.2 Å². The molecule has 10 heteroatoms. The smallest absolute Gasteiger partial charge is 0.410 e. The van der Waals surface area contributed by atoms with Gasteiger partial charge in [0, 0.05) is 55.8 Å². The number of amides is 3. The molecule has 2 fully saturated rings. The average molecular weight is 487 g/mol. The highest BCUT2D eigenvalue weighted by Crippen LogP contribution is 2.43. The Bertz CT molecular complexity index is 1030. The van der Waals surface area contributed by atoms with Gasteiger partial charge in [0.15, 0.2) is 0 Å². The van der Waals surface area contributed by atoms with Crippen molar-refractivity contribution in [3.63, 3.8) is 0 Å². The van der Waals surface area contributed by atoms with Gasteiger partial charge in [-0.25, -0.2) is 4.79 Å². The molecule has 10 nitrogen and oxygen atoms in total. The summed E-state index contributed by atoms with van der Waals surface area (Å²) in [4.78, 5) is 53.7. The molecule has 0 aliphatic carbocycles. The van der Waals surface area contributed by atoms with E-state index in [9.17, 15) is 19.2 Å². The van der Waals surface area contributed by atoms with Gasteiger partial charge < -0.3 is 30.3 Å². The first-order valence-corrected chi connectivity index (χ1v) is 12.1. The van der Waals surface area contributed by atoms with Crippen molar-refractivity contribution in [3.8, 4) is 0 Å². The third-order valence-electron chi connectivity index (χ3n) is 7.16. The van der Waals surface area contributed by atoms with Gasteiger partial charge in [-0.3, -0.25) is 14.4 Å². The summed E-state index contributed by atoms with van der Waals surface area (Å²) in [6, 6.07) is 4.79. The predicted octanol–water partition coefficient (Wildman–Crippen LogP) is 2.20. The minimum Gasteiger partial charge on any atom is -0.481 e. The van der Waals surface area contributed by atoms with E-state index in [1.54, 1.807) is 4.90 Å². The lowest BCUT2D eigenvalue weighted by atomic mass is 9.72. The van der Waals surface area contributed by atoms with Gasteiger partial charge in [-0.05, 0) is 57.7 Å². The van der Waals surface area contributed by atoms with Gasteiger partial charge in [0.2, 0.25) is 5.91 Å². The largest absolute Gasteiger partial charge is 0.481 e. The Kier molecular flexibility index (Phi) is 6.42. The van der Waals surface area contributed by atoms with Crippen LogP contribution in [-0.2, 0) is 20.9 Å². The average Bonchev–Trinajstić information content (AvgIpc) is 3.06. The molecule has 3 amide bonds. The highest BCUT2D eigenvalue weighted by atomic mass is 16.6. The monoisotopic (exact) mass is 486 g/mol. The summed E-state index contributed by atoms with van der Waals surface area (Å²) in [6.07, 6.45) is 1.31. The molecule has 3 N–H and O–H groups in total. The van der Waals surface area contributed by atoms with Crippen LogP contribution in [-0.4, -0.2) is 76.6 Å². The van der Waals surface area contributed by atoms with Crippen LogP contribution in [0.15, 0.2) is 18.2 Å². The molecule has 0 aromatic heterocycles. The van der Waals surface area contributed by atoms with Crippen LogP contribution in [0.5, 0.6) is 0 Å². The van der Waals surface area contributed by atoms with E-state index in [1.165, 1.54) is 4.90 Å². The van der Waals surface area contributed by atoms with E-state index >= 15 is 0 Å². The molecule has 3 aliphatic rings. The van der Waals surface area contributed by atoms with Crippen LogP contribution in [0, 0.1) is 5.41 Å². The van der Waals surface area contributed by atoms with Gasteiger partial charge in [-0.1, -0.05) is 6.07 Å². The maximum absolute atomic E-state index is 13.1. The molecule has 2 saturated heterocycles. The van der Waals surface area contributed by atoms with Crippen LogP contribution < -0.4 is 10.6 Å². The molecular formula is C25H34N4O6. The van der Waals surface area contributed by atoms with E-state index in [2.05, 4.69) is 4.90 Å². The number of carbonyl (C=O) groups excluding carboxylic acids is 3. The Balaban J connectivity index is 1.36. The summed E-state index contributed by atoms with van der Waals surface area (Å²) in [5.41, 5.74) is 7.41. The van der Waals surface area contributed by atoms with E-state index in [-0.39, 0.29) is 36.8 Å². The van der Waals surface area contributed by atoms with Gasteiger partial charge >= 0.3 is 12.1 Å². The number of ether oxygens (including phenoxy) is 1. The number of nitrogens with two attached hydrogens (primary N) is 1. The third kappa shape index (κ3) is 5.21. The van der Waals surface area contributed by atoms with Crippen LogP contribution >= 0.6 is 0 Å². The molecule has 1 aromatic carbocycles. The number of carboxylic acids is 1. The van der Waals surface area contributed by atoms with Crippen molar-refractivity contribution >= 4 is 29.6 Å². The predicted molar refractivity (Wildman–Crippen MR) is 128 cm³/mol. The molecule has 1 aromatic rings. The number of benzene rings is 1. The number of piperidine rings is 1. The molecule has 3 aliphatic heterocycles. The van der Waals surface area contributed by atoms with Crippen LogP contribution in [0.3, 0.4) is 0 Å². The van der Waals surface area contributed by atoms with Crippen molar-refractivity contribution in [1.82, 2.24) is 9.80 Å². The Morgan fingerprint density at radius 2 is 1.83 bits per heavy atom. The number of anilines is 1. The lowest BCUT2D eigenvalue weighted by Crippen LogP contribution is -2.61. The summed E-state index contributed by atoms with van der Waals surface area (Å²) in [7, 11) is 0. The van der Waals surface area contributed by atoms with E-state index in [4.69, 9.17) is 15.6 Å². The van der Waals surface area contributed by atoms with Crippen LogP contribution in [0.25, 0.3) is 0 Å². The molecule has 3 heterocycles. The highest BCUT2D eigenvalue weighted by Gasteiger charge is 2.46. The van der Waals surface area contributed by atoms with Crippen molar-refractivity contribution in [2.24, 2.45) is 11.1 Å². The van der Waals surface area contributed by atoms with Gasteiger partial charge in [0.1, 0.15) is 11.6 Å². The zero-order valence-electron chi connectivity index (χ0n) is 20.6. The molecule has 0 bridgehead atoms. The van der Waals surface area contributed by atoms with Crippen molar-refractivity contribution in [3.05, 3.63) is 29.3 Å². The SMILES string of the molecule is CC(C)(C)OC(=O)N1CCC2(CC1)CN(c1ccc3c(c1)C(=O)N(C(CCC(=O)O)C(N)=O)C3)C2. The number of carboxylic acid groups (broad SMARTS) is 1. The summed E-state index contributed by atoms with van der Waals surface area (Å²) in [5.74, 6) is -2.03. The molecule has 190 valence electrons. The van der Waals surface area contributed by atoms with Crippen molar-refractivity contribution < 1.29 is 29.0 Å². The van der Waals surface area contributed by atoms with Gasteiger partial charge in [0.25, 0.3) is 5.91 Å². The Hall–Kier alpha value is -3.30. The van der Waals surface area contributed by atoms with Crippen molar-refractivity contribution in [2.75, 3.05) is 31.1 Å². The molecular weight excluding hydrogens is 452 g/mol. The maximum atomic E-state index is 13.1. The Morgan fingerprint density at radius 3 is 2.40 bits per heavy atom. The number of hydrogen-bond acceptors (Lipinski definition) is 6. The number of nitrogens with zero attached hydrogens (tertiary/aromatic N) is 3. The number of fused-ring (bicyclic) bond motifs is 1. The minimum absolute atomic E-state index is 0.00773. The summed E-state index contributed by atoms with van der Waals surface area (Å²) < 4.78 is 5.49. The van der Waals surface area contributed by atoms with E-state index in [0.29, 0.717) is 18.7 Å². The minimum atomic E-state index is -1.04. The lowest BCUT2D eigenvalue weighted by Gasteiger charge is -2.55. The fraction of sp³-hybridized carbons (Fsp3) is 0.600. The highest BCUT2D eigenvalue weighted by molar-refractivity contribution is 6.01. The normalized spacial score (nSPS) is 19.9. The molecule has 1 spiro atoms. The lowest BCUT2D eigenvalue weighted by molar-refractivity contribution is -0.137. The standard InChI is InChI=1S/C25H34N4O6/c1-24(2,3)35-23(34)27-10-8-25(9-11-27)14-28(15-25)17-5-4-16-13-29(22(33)18(16)12-17)19(21(26)32)6-7-20(30)31/h4-5,12,19H,6-11,13-15H2,1-3H3,(H2,26,32)(H,30,31). The molecule has 1 unspecified atom stereocenters. The first kappa shape index (κ1) is 24.8. The topological polar surface area (TPSA) is 133 Å². The zero-order chi connectivity index (χ0) is 25.5. The first-order valence-electron chi connectivity index (χ1n) is 12.1. The molecule has 4 rings (SSSR count). The molecule has 1 atom stereocenters. The quantitative estimate of drug-likeness (QED) is 0.630. The molecule has 35 heavy (non-hydrogen) atoms. The van der Waals surface area contributed by atoms with Gasteiger partial charge in [-0.15, -0.1) is 0 Å². The number of aliphatic carboxylic acids is 1. The summed E-state index contributed by atoms with van der Waals surface area (Å²) in [5, 5.41) is 8.96. The fourth-order valence-corrected chi connectivity index (χ4v) is 5.22. The Labute approximate surface area is 205 Å². The number of primary amides is 1. The zero-order valence-corrected chi connectivity index (χ0v) is 20.6. The van der Waals surface area contributed by atoms with E-state index in [1.807, 2.05) is 39.0 Å². The fourth-order valence-electron chi connectivity index (χ4n) is 5.22. The van der Waals surface area contributed by atoms with Crippen LogP contribution in [0.4, 0.5) is 10.5 Å². The van der Waals surface area contributed by atoms with Gasteiger partial charge in [0.05, 0.1) is 0 Å². The van der Waals surface area contributed by atoms with Crippen molar-refractivity contribution in [2.45, 2.75) is 64.6 Å².